The molecule has 0 saturated carbocycles. The number of carbonyl (C=O) groups excluding carboxylic acids is 1. The molecule has 12 N–H and O–H groups in total. The van der Waals surface area contributed by atoms with Crippen molar-refractivity contribution in [2.45, 2.75) is 446 Å². The molecule has 3 rings (SSSR count). The average molecular weight is 1400 g/mol. The first kappa shape index (κ1) is 90.5. The minimum atomic E-state index is -1.98. The first-order valence-corrected chi connectivity index (χ1v) is 40.6. The van der Waals surface area contributed by atoms with Gasteiger partial charge in [0.25, 0.3) is 0 Å². The number of rotatable bonds is 65. The second-order valence-electron chi connectivity index (χ2n) is 29.2. The van der Waals surface area contributed by atoms with Crippen LogP contribution in [0.15, 0.2) is 24.3 Å². The summed E-state index contributed by atoms with van der Waals surface area (Å²) in [4.78, 5) is 13.5. The summed E-state index contributed by atoms with van der Waals surface area (Å²) >= 11 is 0. The Morgan fingerprint density at radius 2 is 0.653 bits per heavy atom. The quantitative estimate of drug-likeness (QED) is 0.0199. The van der Waals surface area contributed by atoms with E-state index in [1.54, 1.807) is 6.08 Å². The Morgan fingerprint density at radius 3 is 1.02 bits per heavy atom. The fourth-order valence-electron chi connectivity index (χ4n) is 14.0. The molecule has 0 aromatic rings. The lowest BCUT2D eigenvalue weighted by Crippen LogP contribution is -2.66. The molecule has 0 aromatic carbocycles. The molecule has 98 heavy (non-hydrogen) atoms. The molecule has 0 aromatic heterocycles. The molecular formula is C79H149NO18. The molecular weight excluding hydrogens is 1250 g/mol. The van der Waals surface area contributed by atoms with Crippen molar-refractivity contribution in [3.8, 4) is 0 Å². The molecule has 0 radical (unpaired) electrons. The van der Waals surface area contributed by atoms with E-state index in [9.17, 15) is 61.0 Å². The van der Waals surface area contributed by atoms with Crippen molar-refractivity contribution in [2.24, 2.45) is 0 Å². The van der Waals surface area contributed by atoms with E-state index in [1.807, 2.05) is 6.08 Å². The predicted octanol–water partition coefficient (Wildman–Crippen LogP) is 13.3. The van der Waals surface area contributed by atoms with Crippen LogP contribution in [0.25, 0.3) is 0 Å². The van der Waals surface area contributed by atoms with Crippen molar-refractivity contribution < 1.29 is 89.4 Å². The van der Waals surface area contributed by atoms with E-state index < -0.39 is 124 Å². The van der Waals surface area contributed by atoms with E-state index in [0.717, 1.165) is 38.5 Å². The highest BCUT2D eigenvalue weighted by Crippen LogP contribution is 2.33. The van der Waals surface area contributed by atoms with Crippen LogP contribution < -0.4 is 5.32 Å². The van der Waals surface area contributed by atoms with Crippen molar-refractivity contribution in [2.75, 3.05) is 26.4 Å². The maximum atomic E-state index is 13.5. The van der Waals surface area contributed by atoms with E-state index in [0.29, 0.717) is 12.8 Å². The first-order chi connectivity index (χ1) is 47.8. The number of unbranched alkanes of at least 4 members (excludes halogenated alkanes) is 47. The maximum Gasteiger partial charge on any atom is 0.220 e. The number of allylic oxidation sites excluding steroid dienone is 3. The maximum absolute atomic E-state index is 13.5. The minimum Gasteiger partial charge on any atom is -0.394 e. The third-order valence-corrected chi connectivity index (χ3v) is 20.5. The Bertz CT molecular complexity index is 1870. The van der Waals surface area contributed by atoms with Crippen LogP contribution in [0.5, 0.6) is 0 Å². The Hall–Kier alpha value is -1.73. The van der Waals surface area contributed by atoms with Crippen LogP contribution in [-0.2, 0) is 33.2 Å². The highest BCUT2D eigenvalue weighted by molar-refractivity contribution is 5.76. The van der Waals surface area contributed by atoms with Crippen LogP contribution >= 0.6 is 0 Å². The fraction of sp³-hybridized carbons (Fsp3) is 0.937. The first-order valence-electron chi connectivity index (χ1n) is 40.6. The average Bonchev–Trinajstić information content (AvgIpc) is 0.785. The Morgan fingerprint density at radius 1 is 0.357 bits per heavy atom. The smallest absolute Gasteiger partial charge is 0.220 e. The molecule has 19 heteroatoms. The van der Waals surface area contributed by atoms with Gasteiger partial charge >= 0.3 is 0 Å². The van der Waals surface area contributed by atoms with Crippen LogP contribution in [0.2, 0.25) is 0 Å². The van der Waals surface area contributed by atoms with Gasteiger partial charge in [0.1, 0.15) is 73.2 Å². The summed E-state index contributed by atoms with van der Waals surface area (Å²) in [6, 6.07) is -0.988. The standard InChI is InChI=1S/C79H149NO18/c1-3-5-7-9-11-13-15-17-19-21-23-25-27-28-29-30-31-32-33-34-35-37-39-41-43-45-47-49-51-53-55-57-67(85)80-62(63(84)56-54-52-50-48-46-44-42-40-38-36-26-24-22-20-18-16-14-12-10-8-6-4-2)61-93-77-73(91)70(88)75(65(59-82)95-77)98-79-74(92)71(89)76(66(60-83)96-79)97-78-72(90)69(87)68(86)64(58-81)94-78/h46,48,54,56,62-66,68-79,81-84,86-92H,3-45,47,49-53,55,57-61H2,1-2H3,(H,80,85)/b48-46+,56-54+. The van der Waals surface area contributed by atoms with E-state index in [1.165, 1.54) is 270 Å². The van der Waals surface area contributed by atoms with Gasteiger partial charge in [-0.15, -0.1) is 0 Å². The number of ether oxygens (including phenoxy) is 6. The molecule has 19 nitrogen and oxygen atoms in total. The third-order valence-electron chi connectivity index (χ3n) is 20.5. The van der Waals surface area contributed by atoms with Crippen molar-refractivity contribution in [3.63, 3.8) is 0 Å². The summed E-state index contributed by atoms with van der Waals surface area (Å²) in [6.07, 6.45) is 46.1. The highest BCUT2D eigenvalue weighted by atomic mass is 16.8. The SMILES string of the molecule is CCCCCCCCCCCCCCCCCC/C=C/CC/C=C/C(O)C(COC1OC(CO)C(OC2OC(CO)C(OC3OC(CO)C(O)C(O)C3O)C(O)C2O)C(O)C1O)NC(=O)CCCCCCCCCCCCCCCCCCCCCCCCCCCCCCCCC. The van der Waals surface area contributed by atoms with Gasteiger partial charge in [-0.05, 0) is 32.1 Å². The minimum absolute atomic E-state index is 0.241. The lowest BCUT2D eigenvalue weighted by molar-refractivity contribution is -0.379. The van der Waals surface area contributed by atoms with E-state index in [2.05, 4.69) is 31.3 Å². The Balaban J connectivity index is 1.37. The molecule has 1 amide bonds. The predicted molar refractivity (Wildman–Crippen MR) is 388 cm³/mol. The van der Waals surface area contributed by atoms with Crippen molar-refractivity contribution in [1.29, 1.82) is 0 Å². The second-order valence-corrected chi connectivity index (χ2v) is 29.2. The van der Waals surface area contributed by atoms with Gasteiger partial charge in [-0.3, -0.25) is 4.79 Å². The van der Waals surface area contributed by atoms with Crippen molar-refractivity contribution in [1.82, 2.24) is 5.32 Å². The van der Waals surface area contributed by atoms with Crippen LogP contribution in [-0.4, -0.2) is 193 Å². The molecule has 3 aliphatic rings. The number of carbonyl (C=O) groups is 1. The van der Waals surface area contributed by atoms with Gasteiger partial charge in [-0.25, -0.2) is 0 Å². The lowest BCUT2D eigenvalue weighted by atomic mass is 9.96. The zero-order chi connectivity index (χ0) is 71.1. The zero-order valence-electron chi connectivity index (χ0n) is 61.8. The van der Waals surface area contributed by atoms with Crippen LogP contribution in [0.1, 0.15) is 341 Å². The summed E-state index contributed by atoms with van der Waals surface area (Å²) in [5, 5.41) is 121. The van der Waals surface area contributed by atoms with E-state index in [4.69, 9.17) is 28.4 Å². The number of aliphatic hydroxyl groups excluding tert-OH is 11. The molecule has 17 unspecified atom stereocenters. The van der Waals surface area contributed by atoms with Gasteiger partial charge in [-0.1, -0.05) is 327 Å². The van der Waals surface area contributed by atoms with E-state index >= 15 is 0 Å². The molecule has 578 valence electrons. The second kappa shape index (κ2) is 60.5. The number of hydrogen-bond acceptors (Lipinski definition) is 18. The highest BCUT2D eigenvalue weighted by Gasteiger charge is 2.54. The van der Waals surface area contributed by atoms with Gasteiger partial charge in [0.15, 0.2) is 18.9 Å². The summed E-state index contributed by atoms with van der Waals surface area (Å²) in [5.74, 6) is -0.277. The number of nitrogens with one attached hydrogen (secondary N) is 1. The molecule has 0 bridgehead atoms. The van der Waals surface area contributed by atoms with Crippen LogP contribution in [0, 0.1) is 0 Å². The normalized spacial score (nSPS) is 26.8. The van der Waals surface area contributed by atoms with E-state index in [-0.39, 0.29) is 18.9 Å². The molecule has 0 aliphatic carbocycles. The van der Waals surface area contributed by atoms with Crippen LogP contribution in [0.4, 0.5) is 0 Å². The summed E-state index contributed by atoms with van der Waals surface area (Å²) in [7, 11) is 0. The topological polar surface area (TPSA) is 307 Å². The zero-order valence-corrected chi connectivity index (χ0v) is 61.8. The summed E-state index contributed by atoms with van der Waals surface area (Å²) < 4.78 is 34.4. The van der Waals surface area contributed by atoms with Crippen LogP contribution in [0.3, 0.4) is 0 Å². The number of aliphatic hydroxyl groups is 11. The van der Waals surface area contributed by atoms with Gasteiger partial charge in [0, 0.05) is 6.42 Å². The summed E-state index contributed by atoms with van der Waals surface area (Å²) in [5.41, 5.74) is 0. The summed E-state index contributed by atoms with van der Waals surface area (Å²) in [6.45, 7) is 1.78. The molecule has 0 spiro atoms. The van der Waals surface area contributed by atoms with Crippen molar-refractivity contribution in [3.05, 3.63) is 24.3 Å². The van der Waals surface area contributed by atoms with Crippen molar-refractivity contribution >= 4 is 5.91 Å². The third kappa shape index (κ3) is 40.5. The largest absolute Gasteiger partial charge is 0.394 e. The fourth-order valence-corrected chi connectivity index (χ4v) is 14.0. The molecule has 3 aliphatic heterocycles. The van der Waals surface area contributed by atoms with Gasteiger partial charge in [0.2, 0.25) is 5.91 Å². The number of hydrogen-bond donors (Lipinski definition) is 12. The van der Waals surface area contributed by atoms with Gasteiger partial charge < -0.3 is 89.9 Å². The Labute approximate surface area is 594 Å². The lowest BCUT2D eigenvalue weighted by Gasteiger charge is -2.48. The molecule has 3 heterocycles. The Kier molecular flexibility index (Phi) is 55.9. The monoisotopic (exact) mass is 1400 g/mol. The van der Waals surface area contributed by atoms with Gasteiger partial charge in [-0.2, -0.15) is 0 Å². The molecule has 3 saturated heterocycles. The molecule has 17 atom stereocenters. The van der Waals surface area contributed by atoms with Gasteiger partial charge in [0.05, 0.1) is 38.6 Å². The number of amides is 1. The molecule has 3 fully saturated rings.